The second-order valence-corrected chi connectivity index (χ2v) is 7.62. The lowest BCUT2D eigenvalue weighted by Crippen LogP contribution is -2.64. The van der Waals surface area contributed by atoms with Gasteiger partial charge in [0.1, 0.15) is 12.4 Å². The van der Waals surface area contributed by atoms with Crippen molar-refractivity contribution in [2.24, 2.45) is 10.1 Å². The molecule has 166 valence electrons. The maximum atomic E-state index is 12.4. The number of imide groups is 1. The van der Waals surface area contributed by atoms with Crippen LogP contribution in [0.3, 0.4) is 0 Å². The van der Waals surface area contributed by atoms with Crippen LogP contribution in [0.1, 0.15) is 24.5 Å². The van der Waals surface area contributed by atoms with E-state index in [0.717, 1.165) is 23.3 Å². The highest BCUT2D eigenvalue weighted by Gasteiger charge is 2.48. The van der Waals surface area contributed by atoms with Crippen LogP contribution in [0.25, 0.3) is 0 Å². The van der Waals surface area contributed by atoms with Gasteiger partial charge in [-0.1, -0.05) is 37.3 Å². The van der Waals surface area contributed by atoms with E-state index >= 15 is 0 Å². The summed E-state index contributed by atoms with van der Waals surface area (Å²) in [6.45, 7) is 3.15. The number of benzene rings is 2. The van der Waals surface area contributed by atoms with Gasteiger partial charge >= 0.3 is 6.03 Å². The normalized spacial score (nSPS) is 20.2. The molecule has 2 aliphatic heterocycles. The van der Waals surface area contributed by atoms with Crippen LogP contribution in [-0.2, 0) is 11.4 Å². The minimum Gasteiger partial charge on any atom is -0.489 e. The van der Waals surface area contributed by atoms with E-state index in [2.05, 4.69) is 20.8 Å². The lowest BCUT2D eigenvalue weighted by Gasteiger charge is -2.35. The van der Waals surface area contributed by atoms with Crippen molar-refractivity contribution in [3.63, 3.8) is 0 Å². The lowest BCUT2D eigenvalue weighted by atomic mass is 10.1. The highest BCUT2D eigenvalue weighted by Crippen LogP contribution is 2.23. The van der Waals surface area contributed by atoms with Gasteiger partial charge in [-0.2, -0.15) is 5.10 Å². The summed E-state index contributed by atoms with van der Waals surface area (Å²) >= 11 is 0. The first-order chi connectivity index (χ1) is 15.6. The van der Waals surface area contributed by atoms with Crippen LogP contribution >= 0.6 is 0 Å². The Morgan fingerprint density at radius 1 is 1.16 bits per heavy atom. The summed E-state index contributed by atoms with van der Waals surface area (Å²) in [7, 11) is 1.63. The molecule has 2 heterocycles. The molecule has 0 aliphatic carbocycles. The third-order valence-corrected chi connectivity index (χ3v) is 5.33. The maximum Gasteiger partial charge on any atom is 0.325 e. The molecule has 0 saturated carbocycles. The number of nitrogens with one attached hydrogen (secondary N) is 2. The topological polar surface area (TPSA) is 98.6 Å². The molecule has 2 aromatic rings. The third kappa shape index (κ3) is 4.56. The molecule has 0 radical (unpaired) electrons. The fourth-order valence-corrected chi connectivity index (χ4v) is 3.66. The van der Waals surface area contributed by atoms with E-state index in [0.29, 0.717) is 19.1 Å². The molecule has 9 nitrogen and oxygen atoms in total. The number of hydrogen-bond acceptors (Lipinski definition) is 7. The number of guanidine groups is 1. The predicted octanol–water partition coefficient (Wildman–Crippen LogP) is 2.15. The van der Waals surface area contributed by atoms with Crippen molar-refractivity contribution in [3.8, 4) is 5.75 Å². The standard InChI is InChI=1S/C23H26N6O3/c1-3-13-29-19-20(28(2)23(31)26-21(19)30)25-22(29)27-24-14-16-9-11-18(12-10-16)32-15-17-7-5-4-6-8-17/h4-12,14,19-20H,3,13,15H2,1-2H3,(H,25,27)(H,26,30,31)/b24-14+. The molecule has 1 fully saturated rings. The van der Waals surface area contributed by atoms with Crippen LogP contribution in [0.4, 0.5) is 4.79 Å². The molecule has 0 aromatic heterocycles. The van der Waals surface area contributed by atoms with E-state index in [-0.39, 0.29) is 5.91 Å². The number of amides is 3. The van der Waals surface area contributed by atoms with Gasteiger partial charge in [-0.25, -0.2) is 15.2 Å². The van der Waals surface area contributed by atoms with Crippen molar-refractivity contribution in [1.82, 2.24) is 20.5 Å². The molecule has 32 heavy (non-hydrogen) atoms. The van der Waals surface area contributed by atoms with Crippen molar-refractivity contribution in [3.05, 3.63) is 65.7 Å². The Balaban J connectivity index is 1.38. The molecule has 9 heteroatoms. The molecule has 2 unspecified atom stereocenters. The van der Waals surface area contributed by atoms with Crippen molar-refractivity contribution in [1.29, 1.82) is 0 Å². The van der Waals surface area contributed by atoms with Crippen molar-refractivity contribution < 1.29 is 14.3 Å². The van der Waals surface area contributed by atoms with E-state index in [4.69, 9.17) is 4.74 Å². The molecule has 4 rings (SSSR count). The molecule has 2 N–H and O–H groups in total. The zero-order chi connectivity index (χ0) is 22.5. The number of nitrogens with zero attached hydrogens (tertiary/aromatic N) is 4. The molecule has 2 aliphatic rings. The summed E-state index contributed by atoms with van der Waals surface area (Å²) in [5, 5.41) is 6.66. The van der Waals surface area contributed by atoms with Gasteiger partial charge in [0.25, 0.3) is 5.91 Å². The number of ether oxygens (including phenoxy) is 1. The number of aliphatic imine (C=N–C) groups is 1. The van der Waals surface area contributed by atoms with Gasteiger partial charge in [-0.05, 0) is 41.8 Å². The highest BCUT2D eigenvalue weighted by atomic mass is 16.5. The second-order valence-electron chi connectivity index (χ2n) is 7.62. The van der Waals surface area contributed by atoms with E-state index < -0.39 is 18.2 Å². The summed E-state index contributed by atoms with van der Waals surface area (Å²) in [4.78, 5) is 32.1. The summed E-state index contributed by atoms with van der Waals surface area (Å²) < 4.78 is 5.80. The molecular weight excluding hydrogens is 408 g/mol. The molecule has 2 aromatic carbocycles. The van der Waals surface area contributed by atoms with Crippen LogP contribution in [0.2, 0.25) is 0 Å². The number of carbonyl (C=O) groups is 2. The Labute approximate surface area is 186 Å². The lowest BCUT2D eigenvalue weighted by molar-refractivity contribution is -0.127. The van der Waals surface area contributed by atoms with Crippen LogP contribution in [-0.4, -0.2) is 59.7 Å². The summed E-state index contributed by atoms with van der Waals surface area (Å²) in [6, 6.07) is 16.6. The number of fused-ring (bicyclic) bond motifs is 1. The average molecular weight is 435 g/mol. The van der Waals surface area contributed by atoms with Crippen LogP contribution in [0.5, 0.6) is 5.75 Å². The third-order valence-electron chi connectivity index (χ3n) is 5.33. The Hall–Kier alpha value is -3.88. The molecule has 1 saturated heterocycles. The van der Waals surface area contributed by atoms with Gasteiger partial charge in [-0.15, -0.1) is 0 Å². The maximum absolute atomic E-state index is 12.4. The minimum absolute atomic E-state index is 0.345. The van der Waals surface area contributed by atoms with Gasteiger partial charge in [0.15, 0.2) is 12.2 Å². The van der Waals surface area contributed by atoms with E-state index in [9.17, 15) is 9.59 Å². The largest absolute Gasteiger partial charge is 0.489 e. The van der Waals surface area contributed by atoms with Crippen LogP contribution < -0.4 is 15.5 Å². The second kappa shape index (κ2) is 9.51. The average Bonchev–Trinajstić information content (AvgIpc) is 3.17. The van der Waals surface area contributed by atoms with E-state index in [1.807, 2.05) is 66.4 Å². The van der Waals surface area contributed by atoms with E-state index in [1.165, 1.54) is 4.90 Å². The van der Waals surface area contributed by atoms with Crippen molar-refractivity contribution in [2.75, 3.05) is 13.6 Å². The Morgan fingerprint density at radius 3 is 2.62 bits per heavy atom. The Morgan fingerprint density at radius 2 is 1.91 bits per heavy atom. The first-order valence-electron chi connectivity index (χ1n) is 10.5. The van der Waals surface area contributed by atoms with Crippen molar-refractivity contribution in [2.45, 2.75) is 32.2 Å². The smallest absolute Gasteiger partial charge is 0.325 e. The number of likely N-dealkylation sites (N-methyl/N-ethyl adjacent to an activating group) is 1. The fourth-order valence-electron chi connectivity index (χ4n) is 3.66. The molecule has 0 spiro atoms. The van der Waals surface area contributed by atoms with E-state index in [1.54, 1.807) is 13.3 Å². The fraction of sp³-hybridized carbons (Fsp3) is 0.304. The Kier molecular flexibility index (Phi) is 6.34. The van der Waals surface area contributed by atoms with Gasteiger partial charge < -0.3 is 14.5 Å². The number of carbonyl (C=O) groups excluding carboxylic acids is 2. The zero-order valence-corrected chi connectivity index (χ0v) is 18.1. The summed E-state index contributed by atoms with van der Waals surface area (Å²) in [5.41, 5.74) is 4.93. The number of urea groups is 1. The van der Waals surface area contributed by atoms with Crippen LogP contribution in [0, 0.1) is 0 Å². The monoisotopic (exact) mass is 434 g/mol. The van der Waals surface area contributed by atoms with Gasteiger partial charge in [0.2, 0.25) is 5.96 Å². The summed E-state index contributed by atoms with van der Waals surface area (Å²) in [5.74, 6) is 0.899. The first-order valence-corrected chi connectivity index (χ1v) is 10.5. The highest BCUT2D eigenvalue weighted by molar-refractivity contribution is 6.03. The first kappa shape index (κ1) is 21.4. The SMILES string of the molecule is CCCN1C(N/N=C/c2ccc(OCc3ccccc3)cc2)=NC2C1C(=O)NC(=O)N2C. The quantitative estimate of drug-likeness (QED) is 0.514. The Bertz CT molecular complexity index is 1020. The van der Waals surface area contributed by atoms with Crippen LogP contribution in [0.15, 0.2) is 64.7 Å². The molecular formula is C23H26N6O3. The van der Waals surface area contributed by atoms with Gasteiger partial charge in [0, 0.05) is 13.6 Å². The minimum atomic E-state index is -0.568. The molecule has 2 atom stereocenters. The predicted molar refractivity (Wildman–Crippen MR) is 121 cm³/mol. The molecule has 3 amide bonds. The number of rotatable bonds is 7. The van der Waals surface area contributed by atoms with Gasteiger partial charge in [-0.3, -0.25) is 10.1 Å². The molecule has 0 bridgehead atoms. The number of hydrazone groups is 1. The van der Waals surface area contributed by atoms with Crippen molar-refractivity contribution >= 4 is 24.1 Å². The zero-order valence-electron chi connectivity index (χ0n) is 18.1. The number of hydrogen-bond donors (Lipinski definition) is 2. The summed E-state index contributed by atoms with van der Waals surface area (Å²) in [6.07, 6.45) is 1.93. The van der Waals surface area contributed by atoms with Gasteiger partial charge in [0.05, 0.1) is 6.21 Å².